The van der Waals surface area contributed by atoms with Crippen LogP contribution in [0, 0.1) is 12.6 Å². The molecule has 0 amide bonds. The SMILES string of the molecule is Brc1ccc2cc[c-]nc2n1.C[CH-]C.[Y]. The number of hydrogen-bond acceptors (Lipinski definition) is 2. The molecule has 77 valence electrons. The van der Waals surface area contributed by atoms with Crippen molar-refractivity contribution in [2.45, 2.75) is 13.8 Å². The summed E-state index contributed by atoms with van der Waals surface area (Å²) >= 11 is 3.27. The molecule has 2 heterocycles. The maximum atomic E-state index is 4.15. The van der Waals surface area contributed by atoms with E-state index in [-0.39, 0.29) is 32.7 Å². The van der Waals surface area contributed by atoms with Gasteiger partial charge < -0.3 is 11.4 Å². The summed E-state index contributed by atoms with van der Waals surface area (Å²) < 4.78 is 0.803. The summed E-state index contributed by atoms with van der Waals surface area (Å²) in [6, 6.07) is 7.57. The molecule has 0 unspecified atom stereocenters. The Morgan fingerprint density at radius 3 is 2.60 bits per heavy atom. The summed E-state index contributed by atoms with van der Waals surface area (Å²) in [5.41, 5.74) is 0.724. The Hall–Kier alpha value is 0.144. The zero-order valence-corrected chi connectivity index (χ0v) is 13.2. The van der Waals surface area contributed by atoms with Crippen LogP contribution in [-0.4, -0.2) is 9.97 Å². The van der Waals surface area contributed by atoms with Gasteiger partial charge in [0.25, 0.3) is 0 Å². The van der Waals surface area contributed by atoms with Crippen molar-refractivity contribution in [2.24, 2.45) is 0 Å². The topological polar surface area (TPSA) is 25.8 Å². The van der Waals surface area contributed by atoms with Crippen LogP contribution in [0.15, 0.2) is 28.9 Å². The Balaban J connectivity index is 0.000000443. The van der Waals surface area contributed by atoms with E-state index >= 15 is 0 Å². The largest absolute Gasteiger partial charge is 0.369 e. The van der Waals surface area contributed by atoms with Crippen molar-refractivity contribution in [3.63, 3.8) is 0 Å². The van der Waals surface area contributed by atoms with E-state index in [1.807, 2.05) is 38.5 Å². The third kappa shape index (κ3) is 5.14. The fraction of sp³-hybridized carbons (Fsp3) is 0.182. The van der Waals surface area contributed by atoms with Gasteiger partial charge in [0.2, 0.25) is 0 Å². The van der Waals surface area contributed by atoms with E-state index in [0.29, 0.717) is 0 Å². The number of hydrogen-bond donors (Lipinski definition) is 0. The van der Waals surface area contributed by atoms with Gasteiger partial charge in [-0.1, -0.05) is 17.6 Å². The zero-order chi connectivity index (χ0) is 10.4. The first-order valence-electron chi connectivity index (χ1n) is 4.31. The van der Waals surface area contributed by atoms with Crippen LogP contribution in [0.1, 0.15) is 13.8 Å². The van der Waals surface area contributed by atoms with E-state index in [1.54, 1.807) is 6.07 Å². The number of nitrogens with zero attached hydrogens (tertiary/aromatic N) is 2. The first-order chi connectivity index (χ1) is 6.77. The molecule has 0 spiro atoms. The van der Waals surface area contributed by atoms with Crippen molar-refractivity contribution >= 4 is 27.0 Å². The average molecular weight is 340 g/mol. The van der Waals surface area contributed by atoms with Crippen molar-refractivity contribution in [3.8, 4) is 0 Å². The molecular weight excluding hydrogens is 329 g/mol. The summed E-state index contributed by atoms with van der Waals surface area (Å²) in [6.45, 7) is 4.00. The zero-order valence-electron chi connectivity index (χ0n) is 8.74. The number of fused-ring (bicyclic) bond motifs is 1. The molecule has 0 aliphatic rings. The maximum Gasteiger partial charge on any atom is 0.0936 e. The number of halogens is 1. The van der Waals surface area contributed by atoms with Crippen LogP contribution >= 0.6 is 15.9 Å². The molecule has 2 rings (SSSR count). The van der Waals surface area contributed by atoms with Crippen LogP contribution in [-0.2, 0) is 32.7 Å². The molecule has 0 aliphatic heterocycles. The van der Waals surface area contributed by atoms with Gasteiger partial charge in [0.05, 0.1) is 4.60 Å². The second-order valence-electron chi connectivity index (χ2n) is 2.70. The quantitative estimate of drug-likeness (QED) is 0.543. The van der Waals surface area contributed by atoms with Crippen molar-refractivity contribution in [1.29, 1.82) is 0 Å². The fourth-order valence-electron chi connectivity index (χ4n) is 0.881. The maximum absolute atomic E-state index is 4.15. The molecular formula is C11H11BrN2Y-2. The van der Waals surface area contributed by atoms with Gasteiger partial charge in [-0.15, -0.1) is 0 Å². The van der Waals surface area contributed by atoms with Crippen molar-refractivity contribution in [1.82, 2.24) is 9.97 Å². The number of aromatic nitrogens is 2. The normalized spacial score (nSPS) is 8.73. The second-order valence-corrected chi connectivity index (χ2v) is 3.51. The van der Waals surface area contributed by atoms with Gasteiger partial charge >= 0.3 is 0 Å². The average Bonchev–Trinajstić information content (AvgIpc) is 2.19. The summed E-state index contributed by atoms with van der Waals surface area (Å²) in [7, 11) is 0. The van der Waals surface area contributed by atoms with E-state index in [0.717, 1.165) is 15.6 Å². The summed E-state index contributed by atoms with van der Waals surface area (Å²) in [5.74, 6) is 0. The van der Waals surface area contributed by atoms with Crippen molar-refractivity contribution in [3.05, 3.63) is 41.5 Å². The van der Waals surface area contributed by atoms with Gasteiger partial charge in [0.15, 0.2) is 0 Å². The third-order valence-electron chi connectivity index (χ3n) is 1.38. The smallest absolute Gasteiger partial charge is 0.0936 e. The van der Waals surface area contributed by atoms with E-state index in [1.165, 1.54) is 0 Å². The molecule has 15 heavy (non-hydrogen) atoms. The van der Waals surface area contributed by atoms with Crippen LogP contribution in [0.2, 0.25) is 0 Å². The Kier molecular flexibility index (Phi) is 8.39. The molecule has 2 aromatic rings. The summed E-state index contributed by atoms with van der Waals surface area (Å²) in [6.07, 6.45) is 4.73. The fourth-order valence-corrected chi connectivity index (χ4v) is 1.18. The molecule has 4 heteroatoms. The molecule has 0 bridgehead atoms. The Morgan fingerprint density at radius 2 is 1.93 bits per heavy atom. The molecule has 0 atom stereocenters. The standard InChI is InChI=1S/C8H4BrN2.C3H7.Y/c9-7-4-3-6-2-1-5-10-8(6)11-7;1-3-2;/h1-4H;3H,1-2H3;/q2*-1;. The van der Waals surface area contributed by atoms with E-state index in [4.69, 9.17) is 0 Å². The third-order valence-corrected chi connectivity index (χ3v) is 1.82. The van der Waals surface area contributed by atoms with Crippen molar-refractivity contribution in [2.75, 3.05) is 0 Å². The molecule has 0 N–H and O–H groups in total. The Bertz CT molecular complexity index is 406. The van der Waals surface area contributed by atoms with Crippen molar-refractivity contribution < 1.29 is 32.7 Å². The molecule has 0 aliphatic carbocycles. The Labute approximate surface area is 124 Å². The van der Waals surface area contributed by atoms with Gasteiger partial charge in [-0.3, -0.25) is 4.98 Å². The Morgan fingerprint density at radius 1 is 1.27 bits per heavy atom. The molecule has 0 saturated heterocycles. The van der Waals surface area contributed by atoms with Gasteiger partial charge in [-0.2, -0.15) is 26.0 Å². The van der Waals surface area contributed by atoms with E-state index in [2.05, 4.69) is 32.1 Å². The summed E-state index contributed by atoms with van der Waals surface area (Å²) in [4.78, 5) is 8.13. The number of rotatable bonds is 0. The molecule has 2 nitrogen and oxygen atoms in total. The monoisotopic (exact) mass is 339 g/mol. The van der Waals surface area contributed by atoms with Gasteiger partial charge in [-0.25, -0.2) is 0 Å². The van der Waals surface area contributed by atoms with Gasteiger partial charge in [0, 0.05) is 38.4 Å². The second kappa shape index (κ2) is 8.31. The first kappa shape index (κ1) is 15.1. The van der Waals surface area contributed by atoms with E-state index in [9.17, 15) is 0 Å². The van der Waals surface area contributed by atoms with Crippen LogP contribution in [0.4, 0.5) is 0 Å². The molecule has 2 aromatic heterocycles. The minimum absolute atomic E-state index is 0. The molecule has 0 aromatic carbocycles. The minimum atomic E-state index is 0. The van der Waals surface area contributed by atoms with Gasteiger partial charge in [-0.05, 0) is 22.0 Å². The van der Waals surface area contributed by atoms with E-state index < -0.39 is 0 Å². The predicted molar refractivity (Wildman–Crippen MR) is 61.7 cm³/mol. The molecule has 0 saturated carbocycles. The van der Waals surface area contributed by atoms with Crippen LogP contribution < -0.4 is 0 Å². The number of pyridine rings is 2. The minimum Gasteiger partial charge on any atom is -0.369 e. The first-order valence-corrected chi connectivity index (χ1v) is 5.10. The van der Waals surface area contributed by atoms with Crippen LogP contribution in [0.25, 0.3) is 11.0 Å². The predicted octanol–water partition coefficient (Wildman–Crippen LogP) is 3.42. The molecule has 1 radical (unpaired) electrons. The van der Waals surface area contributed by atoms with Crippen LogP contribution in [0.5, 0.6) is 0 Å². The van der Waals surface area contributed by atoms with Gasteiger partial charge in [0.1, 0.15) is 0 Å². The summed E-state index contributed by atoms with van der Waals surface area (Å²) in [5, 5.41) is 1.03. The molecule has 0 fully saturated rings. The van der Waals surface area contributed by atoms with Crippen LogP contribution in [0.3, 0.4) is 0 Å².